The molecule has 3 aliphatic heterocycles. The number of piperidine rings is 3. The van der Waals surface area contributed by atoms with Crippen LogP contribution in [0.5, 0.6) is 0 Å². The first-order chi connectivity index (χ1) is 9.66. The predicted octanol–water partition coefficient (Wildman–Crippen LogP) is 3.11. The molecule has 0 unspecified atom stereocenters. The molecule has 1 aromatic heterocycles. The number of fused-ring (bicyclic) bond motifs is 4. The largest absolute Gasteiger partial charge is 0.362 e. The molecule has 0 aliphatic carbocycles. The smallest absolute Gasteiger partial charge is 0.177 e. The van der Waals surface area contributed by atoms with Gasteiger partial charge < -0.3 is 9.84 Å². The fraction of sp³-hybridized carbons (Fsp3) is 0.562. The zero-order chi connectivity index (χ0) is 13.7. The molecule has 2 aromatic rings. The number of benzene rings is 1. The van der Waals surface area contributed by atoms with Crippen molar-refractivity contribution in [3.8, 4) is 0 Å². The summed E-state index contributed by atoms with van der Waals surface area (Å²) in [4.78, 5) is 2.60. The third-order valence-electron chi connectivity index (χ3n) is 5.26. The van der Waals surface area contributed by atoms with Gasteiger partial charge in [0, 0.05) is 11.6 Å². The molecule has 2 bridgehead atoms. The van der Waals surface area contributed by atoms with E-state index in [9.17, 15) is 0 Å². The Morgan fingerprint density at radius 2 is 2.00 bits per heavy atom. The molecule has 4 heterocycles. The molecule has 4 heteroatoms. The number of rotatable bonds is 2. The summed E-state index contributed by atoms with van der Waals surface area (Å²) in [6.07, 6.45) is 2.58. The van der Waals surface area contributed by atoms with Gasteiger partial charge in [0.2, 0.25) is 0 Å². The molecule has 5 rings (SSSR count). The molecule has 20 heavy (non-hydrogen) atoms. The van der Waals surface area contributed by atoms with Crippen LogP contribution in [0.3, 0.4) is 0 Å². The van der Waals surface area contributed by atoms with Gasteiger partial charge in [0.1, 0.15) is 0 Å². The highest BCUT2D eigenvalue weighted by Gasteiger charge is 2.47. The Hall–Kier alpha value is -1.55. The molecule has 0 spiro atoms. The number of nitrogens with one attached hydrogen (secondary N) is 1. The minimum Gasteiger partial charge on any atom is -0.362 e. The van der Waals surface area contributed by atoms with Crippen LogP contribution in [0.15, 0.2) is 28.8 Å². The van der Waals surface area contributed by atoms with Crippen molar-refractivity contribution in [1.29, 1.82) is 0 Å². The van der Waals surface area contributed by atoms with Crippen molar-refractivity contribution in [3.05, 3.63) is 24.3 Å². The van der Waals surface area contributed by atoms with Gasteiger partial charge in [-0.3, -0.25) is 4.90 Å². The summed E-state index contributed by atoms with van der Waals surface area (Å²) in [5.41, 5.74) is 1.04. The van der Waals surface area contributed by atoms with Crippen LogP contribution in [0.1, 0.15) is 26.7 Å². The van der Waals surface area contributed by atoms with Crippen LogP contribution in [-0.2, 0) is 0 Å². The summed E-state index contributed by atoms with van der Waals surface area (Å²) in [6.45, 7) is 7.15. The minimum atomic E-state index is 0.182. The van der Waals surface area contributed by atoms with Gasteiger partial charge in [-0.25, -0.2) is 0 Å². The highest BCUT2D eigenvalue weighted by Crippen LogP contribution is 2.41. The summed E-state index contributed by atoms with van der Waals surface area (Å²) in [7, 11) is 0. The van der Waals surface area contributed by atoms with Gasteiger partial charge in [-0.05, 0) is 57.8 Å². The highest BCUT2D eigenvalue weighted by molar-refractivity contribution is 5.88. The lowest BCUT2D eigenvalue weighted by molar-refractivity contribution is -0.0189. The molecule has 4 nitrogen and oxygen atoms in total. The molecule has 0 radical (unpaired) electrons. The maximum atomic E-state index is 5.41. The van der Waals surface area contributed by atoms with Crippen LogP contribution in [0, 0.1) is 5.92 Å². The maximum absolute atomic E-state index is 5.41. The number of aromatic nitrogens is 1. The average Bonchev–Trinajstić information content (AvgIpc) is 2.87. The van der Waals surface area contributed by atoms with E-state index in [1.807, 2.05) is 18.2 Å². The Bertz CT molecular complexity index is 625. The Kier molecular flexibility index (Phi) is 2.58. The normalized spacial score (nSPS) is 31.6. The Morgan fingerprint density at radius 1 is 1.25 bits per heavy atom. The lowest BCUT2D eigenvalue weighted by atomic mass is 9.72. The van der Waals surface area contributed by atoms with E-state index in [-0.39, 0.29) is 5.54 Å². The van der Waals surface area contributed by atoms with Crippen molar-refractivity contribution in [3.63, 3.8) is 0 Å². The van der Waals surface area contributed by atoms with Gasteiger partial charge in [0.25, 0.3) is 0 Å². The van der Waals surface area contributed by atoms with Gasteiger partial charge in [0.05, 0.1) is 5.39 Å². The van der Waals surface area contributed by atoms with E-state index in [2.05, 4.69) is 35.3 Å². The molecular weight excluding hydrogens is 250 g/mol. The van der Waals surface area contributed by atoms with E-state index >= 15 is 0 Å². The van der Waals surface area contributed by atoms with E-state index < -0.39 is 0 Å². The first-order valence-corrected chi connectivity index (χ1v) is 7.52. The predicted molar refractivity (Wildman–Crippen MR) is 79.8 cm³/mol. The first-order valence-electron chi connectivity index (χ1n) is 7.52. The molecule has 1 atom stereocenters. The van der Waals surface area contributed by atoms with Crippen molar-refractivity contribution in [2.75, 3.05) is 18.4 Å². The fourth-order valence-corrected chi connectivity index (χ4v) is 4.01. The van der Waals surface area contributed by atoms with E-state index in [0.29, 0.717) is 6.04 Å². The summed E-state index contributed by atoms with van der Waals surface area (Å²) < 4.78 is 5.41. The monoisotopic (exact) mass is 271 g/mol. The third kappa shape index (κ3) is 1.67. The van der Waals surface area contributed by atoms with Crippen LogP contribution < -0.4 is 5.32 Å². The number of hydrogen-bond acceptors (Lipinski definition) is 4. The van der Waals surface area contributed by atoms with E-state index in [1.54, 1.807) is 0 Å². The minimum absolute atomic E-state index is 0.182. The Labute approximate surface area is 119 Å². The highest BCUT2D eigenvalue weighted by atomic mass is 16.5. The van der Waals surface area contributed by atoms with Gasteiger partial charge in [0.15, 0.2) is 11.4 Å². The maximum Gasteiger partial charge on any atom is 0.177 e. The topological polar surface area (TPSA) is 41.3 Å². The molecule has 3 fully saturated rings. The third-order valence-corrected chi connectivity index (χ3v) is 5.26. The number of hydrogen-bond donors (Lipinski definition) is 1. The average molecular weight is 271 g/mol. The SMILES string of the molecule is CC1(C)[C@@H](Nc2noc3ccccc23)C2CCN1CC2. The molecule has 0 saturated carbocycles. The van der Waals surface area contributed by atoms with E-state index in [1.165, 1.54) is 25.9 Å². The quantitative estimate of drug-likeness (QED) is 0.911. The van der Waals surface area contributed by atoms with Crippen molar-refractivity contribution in [2.45, 2.75) is 38.3 Å². The van der Waals surface area contributed by atoms with Crippen LogP contribution in [0.2, 0.25) is 0 Å². The van der Waals surface area contributed by atoms with Crippen molar-refractivity contribution >= 4 is 16.8 Å². The van der Waals surface area contributed by atoms with Crippen LogP contribution in [0.25, 0.3) is 11.0 Å². The molecule has 1 aromatic carbocycles. The molecule has 1 N–H and O–H groups in total. The van der Waals surface area contributed by atoms with Gasteiger partial charge >= 0.3 is 0 Å². The molecule has 3 aliphatic rings. The zero-order valence-corrected chi connectivity index (χ0v) is 12.1. The van der Waals surface area contributed by atoms with Crippen LogP contribution in [-0.4, -0.2) is 34.7 Å². The first kappa shape index (κ1) is 12.2. The lowest BCUT2D eigenvalue weighted by Gasteiger charge is -2.56. The van der Waals surface area contributed by atoms with E-state index in [4.69, 9.17) is 4.52 Å². The Morgan fingerprint density at radius 3 is 2.75 bits per heavy atom. The lowest BCUT2D eigenvalue weighted by Crippen LogP contribution is -2.66. The molecular formula is C16H21N3O. The van der Waals surface area contributed by atoms with Crippen molar-refractivity contribution in [2.24, 2.45) is 5.92 Å². The standard InChI is InChI=1S/C16H21N3O/c1-16(2)14(11-7-9-19(16)10-8-11)17-15-12-5-3-4-6-13(12)20-18-15/h3-6,11,14H,7-10H2,1-2H3,(H,17,18)/t14-/m0/s1. The van der Waals surface area contributed by atoms with Crippen molar-refractivity contribution < 1.29 is 4.52 Å². The van der Waals surface area contributed by atoms with E-state index in [0.717, 1.165) is 22.7 Å². The van der Waals surface area contributed by atoms with Crippen LogP contribution in [0.4, 0.5) is 5.82 Å². The van der Waals surface area contributed by atoms with Gasteiger partial charge in [-0.2, -0.15) is 0 Å². The van der Waals surface area contributed by atoms with Crippen LogP contribution >= 0.6 is 0 Å². The molecule has 3 saturated heterocycles. The second-order valence-corrected chi connectivity index (χ2v) is 6.63. The summed E-state index contributed by atoms with van der Waals surface area (Å²) in [5, 5.41) is 9.00. The Balaban J connectivity index is 1.68. The van der Waals surface area contributed by atoms with Gasteiger partial charge in [-0.15, -0.1) is 0 Å². The molecule has 0 amide bonds. The van der Waals surface area contributed by atoms with Gasteiger partial charge in [-0.1, -0.05) is 17.3 Å². The second-order valence-electron chi connectivity index (χ2n) is 6.63. The zero-order valence-electron chi connectivity index (χ0n) is 12.1. The second kappa shape index (κ2) is 4.22. The number of nitrogens with zero attached hydrogens (tertiary/aromatic N) is 2. The summed E-state index contributed by atoms with van der Waals surface area (Å²) in [5.74, 6) is 1.64. The summed E-state index contributed by atoms with van der Waals surface area (Å²) >= 11 is 0. The van der Waals surface area contributed by atoms with Crippen molar-refractivity contribution in [1.82, 2.24) is 10.1 Å². The number of anilines is 1. The molecule has 106 valence electrons. The summed E-state index contributed by atoms with van der Waals surface area (Å²) in [6, 6.07) is 8.50. The number of para-hydroxylation sites is 1. The fourth-order valence-electron chi connectivity index (χ4n) is 4.01.